The molecule has 0 saturated carbocycles. The minimum Gasteiger partial charge on any atom is -0.382 e. The second kappa shape index (κ2) is 11.0. The zero-order chi connectivity index (χ0) is 22.2. The predicted octanol–water partition coefficient (Wildman–Crippen LogP) is 0.248. The van der Waals surface area contributed by atoms with Crippen LogP contribution in [0.2, 0.25) is 0 Å². The van der Waals surface area contributed by atoms with Gasteiger partial charge in [-0.15, -0.1) is 0 Å². The molecule has 28 heavy (non-hydrogen) atoms. The van der Waals surface area contributed by atoms with Crippen LogP contribution in [0.1, 0.15) is 19.8 Å². The molecule has 0 aliphatic heterocycles. The normalized spacial score (nSPS) is 13.9. The van der Waals surface area contributed by atoms with Crippen molar-refractivity contribution in [2.45, 2.75) is 25.9 Å². The van der Waals surface area contributed by atoms with Crippen molar-refractivity contribution in [1.82, 2.24) is 5.32 Å². The summed E-state index contributed by atoms with van der Waals surface area (Å²) in [6.45, 7) is 9.29. The first-order valence-corrected chi connectivity index (χ1v) is 10.1. The summed E-state index contributed by atoms with van der Waals surface area (Å²) in [5.41, 5.74) is 0.566. The van der Waals surface area contributed by atoms with Crippen LogP contribution >= 0.6 is 0 Å². The van der Waals surface area contributed by atoms with E-state index in [2.05, 4.69) is 47.1 Å². The van der Waals surface area contributed by atoms with Gasteiger partial charge in [-0.1, -0.05) is 6.58 Å². The SMILES string of the molecule is C=C(C)C(=O)CC[N+](C)(C)CC(=O)NCCC[N+](C)(C)CC(O)C[N+](C)(C)C. The van der Waals surface area contributed by atoms with Gasteiger partial charge in [0.1, 0.15) is 13.1 Å². The maximum atomic E-state index is 12.2. The molecule has 1 amide bonds. The lowest BCUT2D eigenvalue weighted by Gasteiger charge is -2.34. The highest BCUT2D eigenvalue weighted by Gasteiger charge is 2.25. The Bertz CT molecular complexity index is 536. The van der Waals surface area contributed by atoms with Crippen LogP contribution in [-0.4, -0.2) is 125 Å². The summed E-state index contributed by atoms with van der Waals surface area (Å²) in [6.07, 6.45) is 0.929. The topological polar surface area (TPSA) is 66.4 Å². The number of hydrogen-bond donors (Lipinski definition) is 2. The Hall–Kier alpha value is -1.28. The molecule has 0 aromatic rings. The van der Waals surface area contributed by atoms with E-state index in [1.807, 2.05) is 14.1 Å². The van der Waals surface area contributed by atoms with E-state index >= 15 is 0 Å². The standard InChI is InChI=1S/C21H44N4O3/c1-18(2)20(27)11-14-25(8,9)17-21(28)22-12-10-13-24(6,7)16-19(26)15-23(3,4)5/h19,26H,1,10-17H2,2-9H3/q+2/p+1. The highest BCUT2D eigenvalue weighted by atomic mass is 16.3. The van der Waals surface area contributed by atoms with Gasteiger partial charge in [-0.2, -0.15) is 0 Å². The number of carbonyl (C=O) groups excluding carboxylic acids is 2. The van der Waals surface area contributed by atoms with Crippen LogP contribution in [0.15, 0.2) is 12.2 Å². The van der Waals surface area contributed by atoms with Crippen LogP contribution in [0.25, 0.3) is 0 Å². The average Bonchev–Trinajstić information content (AvgIpc) is 2.46. The molecule has 0 saturated heterocycles. The molecule has 0 fully saturated rings. The van der Waals surface area contributed by atoms with Crippen molar-refractivity contribution in [3.63, 3.8) is 0 Å². The van der Waals surface area contributed by atoms with Crippen LogP contribution in [-0.2, 0) is 9.59 Å². The maximum absolute atomic E-state index is 12.2. The van der Waals surface area contributed by atoms with Crippen molar-refractivity contribution in [3.05, 3.63) is 12.2 Å². The number of hydrogen-bond acceptors (Lipinski definition) is 3. The van der Waals surface area contributed by atoms with E-state index in [1.165, 1.54) is 0 Å². The highest BCUT2D eigenvalue weighted by molar-refractivity contribution is 5.94. The number of aliphatic hydroxyl groups excluding tert-OH is 1. The predicted molar refractivity (Wildman–Crippen MR) is 115 cm³/mol. The molecule has 2 N–H and O–H groups in total. The van der Waals surface area contributed by atoms with E-state index in [0.717, 1.165) is 28.5 Å². The first-order valence-electron chi connectivity index (χ1n) is 10.1. The van der Waals surface area contributed by atoms with Crippen molar-refractivity contribution in [2.24, 2.45) is 0 Å². The van der Waals surface area contributed by atoms with Crippen molar-refractivity contribution >= 4 is 11.7 Å². The monoisotopic (exact) mass is 401 g/mol. The fourth-order valence-electron chi connectivity index (χ4n) is 3.23. The van der Waals surface area contributed by atoms with Gasteiger partial charge < -0.3 is 23.9 Å². The van der Waals surface area contributed by atoms with Crippen LogP contribution in [0.5, 0.6) is 0 Å². The quantitative estimate of drug-likeness (QED) is 0.249. The Balaban J connectivity index is 4.19. The van der Waals surface area contributed by atoms with Crippen LogP contribution in [0, 0.1) is 0 Å². The van der Waals surface area contributed by atoms with Gasteiger partial charge in [-0.05, 0) is 12.5 Å². The van der Waals surface area contributed by atoms with E-state index in [4.69, 9.17) is 0 Å². The molecule has 0 spiro atoms. The van der Waals surface area contributed by atoms with Gasteiger partial charge in [0.25, 0.3) is 5.91 Å². The molecule has 164 valence electrons. The molecule has 0 aliphatic rings. The summed E-state index contributed by atoms with van der Waals surface area (Å²) >= 11 is 0. The number of likely N-dealkylation sites (N-methyl/N-ethyl adjacent to an activating group) is 3. The number of quaternary nitrogens is 3. The average molecular weight is 402 g/mol. The third-order valence-corrected chi connectivity index (χ3v) is 4.72. The number of allylic oxidation sites excluding steroid dienone is 1. The number of nitrogens with zero attached hydrogens (tertiary/aromatic N) is 3. The zero-order valence-corrected chi connectivity index (χ0v) is 19.5. The summed E-state index contributed by atoms with van der Waals surface area (Å²) < 4.78 is 1.94. The van der Waals surface area contributed by atoms with E-state index in [0.29, 0.717) is 42.7 Å². The Morgan fingerprint density at radius 1 is 0.964 bits per heavy atom. The minimum atomic E-state index is -0.343. The number of ketones is 1. The van der Waals surface area contributed by atoms with E-state index in [1.54, 1.807) is 6.92 Å². The molecule has 0 aromatic heterocycles. The first-order chi connectivity index (χ1) is 12.5. The van der Waals surface area contributed by atoms with Crippen molar-refractivity contribution in [2.75, 3.05) is 88.6 Å². The molecule has 0 radical (unpaired) electrons. The highest BCUT2D eigenvalue weighted by Crippen LogP contribution is 2.05. The molecule has 1 atom stereocenters. The molecular formula is C21H45N4O3+3. The fourth-order valence-corrected chi connectivity index (χ4v) is 3.23. The Labute approximate surface area is 172 Å². The smallest absolute Gasteiger partial charge is 0.275 e. The number of nitrogens with one attached hydrogen (secondary N) is 1. The molecular weight excluding hydrogens is 356 g/mol. The fraction of sp³-hybridized carbons (Fsp3) is 0.810. The lowest BCUT2D eigenvalue weighted by Crippen LogP contribution is -2.52. The summed E-state index contributed by atoms with van der Waals surface area (Å²) in [5, 5.41) is 13.3. The second-order valence-electron chi connectivity index (χ2n) is 10.4. The van der Waals surface area contributed by atoms with Crippen LogP contribution in [0.3, 0.4) is 0 Å². The number of Topliss-reactive ketones (excluding diaryl/α,β-unsaturated/α-hetero) is 1. The van der Waals surface area contributed by atoms with Crippen LogP contribution < -0.4 is 5.32 Å². The number of rotatable bonds is 14. The largest absolute Gasteiger partial charge is 0.382 e. The Morgan fingerprint density at radius 3 is 2.04 bits per heavy atom. The Kier molecular flexibility index (Phi) is 10.5. The molecule has 0 aliphatic carbocycles. The number of aliphatic hydroxyl groups is 1. The first kappa shape index (κ1) is 26.7. The summed E-state index contributed by atoms with van der Waals surface area (Å²) in [5.74, 6) is 0.0576. The second-order valence-corrected chi connectivity index (χ2v) is 10.4. The van der Waals surface area contributed by atoms with Crippen molar-refractivity contribution < 1.29 is 28.1 Å². The summed E-state index contributed by atoms with van der Waals surface area (Å²) in [6, 6.07) is 0. The molecule has 0 bridgehead atoms. The number of amides is 1. The minimum absolute atomic E-state index is 0.00291. The lowest BCUT2D eigenvalue weighted by molar-refractivity contribution is -0.907. The third kappa shape index (κ3) is 13.8. The van der Waals surface area contributed by atoms with Gasteiger partial charge in [0.15, 0.2) is 18.4 Å². The third-order valence-electron chi connectivity index (χ3n) is 4.72. The van der Waals surface area contributed by atoms with Gasteiger partial charge in [0, 0.05) is 13.0 Å². The number of carbonyl (C=O) groups is 2. The zero-order valence-electron chi connectivity index (χ0n) is 19.5. The van der Waals surface area contributed by atoms with E-state index < -0.39 is 0 Å². The maximum Gasteiger partial charge on any atom is 0.275 e. The molecule has 0 rings (SSSR count). The molecule has 0 aromatic carbocycles. The Morgan fingerprint density at radius 2 is 1.54 bits per heavy atom. The van der Waals surface area contributed by atoms with Gasteiger partial charge in [-0.3, -0.25) is 9.59 Å². The summed E-state index contributed by atoms with van der Waals surface area (Å²) in [7, 11) is 14.4. The van der Waals surface area contributed by atoms with E-state index in [9.17, 15) is 14.7 Å². The van der Waals surface area contributed by atoms with E-state index in [-0.39, 0.29) is 17.8 Å². The molecule has 1 unspecified atom stereocenters. The van der Waals surface area contributed by atoms with Gasteiger partial charge in [-0.25, -0.2) is 0 Å². The van der Waals surface area contributed by atoms with Gasteiger partial charge in [0.2, 0.25) is 0 Å². The molecule has 7 nitrogen and oxygen atoms in total. The summed E-state index contributed by atoms with van der Waals surface area (Å²) in [4.78, 5) is 23.9. The molecule has 0 heterocycles. The molecule has 7 heteroatoms. The lowest BCUT2D eigenvalue weighted by atomic mass is 10.1. The van der Waals surface area contributed by atoms with Crippen molar-refractivity contribution in [1.29, 1.82) is 0 Å². The van der Waals surface area contributed by atoms with Crippen molar-refractivity contribution in [3.8, 4) is 0 Å². The van der Waals surface area contributed by atoms with Gasteiger partial charge >= 0.3 is 0 Å². The van der Waals surface area contributed by atoms with Gasteiger partial charge in [0.05, 0.1) is 68.8 Å². The van der Waals surface area contributed by atoms with Crippen LogP contribution in [0.4, 0.5) is 0 Å².